The first-order chi connectivity index (χ1) is 8.72. The standard InChI is InChI=1S/C16H26N2O/c1-12-7-8-14(19-6)13(9-12)18-10-15(2,3)17-16(4,5)11-18/h7-9,17H,10-11H2,1-6H3. The van der Waals surface area contributed by atoms with E-state index in [4.69, 9.17) is 4.74 Å². The van der Waals surface area contributed by atoms with Gasteiger partial charge in [0, 0.05) is 24.2 Å². The SMILES string of the molecule is COc1ccc(C)cc1N1CC(C)(C)NC(C)(C)C1. The molecule has 1 fully saturated rings. The molecule has 1 aliphatic heterocycles. The fraction of sp³-hybridized carbons (Fsp3) is 0.625. The van der Waals surface area contributed by atoms with Crippen LogP contribution in [0.5, 0.6) is 5.75 Å². The lowest BCUT2D eigenvalue weighted by Crippen LogP contribution is -2.67. The largest absolute Gasteiger partial charge is 0.495 e. The van der Waals surface area contributed by atoms with E-state index in [-0.39, 0.29) is 11.1 Å². The predicted octanol–water partition coefficient (Wildman–Crippen LogP) is 2.97. The number of aryl methyl sites for hydroxylation is 1. The van der Waals surface area contributed by atoms with Crippen molar-refractivity contribution in [3.05, 3.63) is 23.8 Å². The highest BCUT2D eigenvalue weighted by molar-refractivity contribution is 5.61. The number of hydrogen-bond donors (Lipinski definition) is 1. The molecule has 0 bridgehead atoms. The van der Waals surface area contributed by atoms with Crippen molar-refractivity contribution in [2.75, 3.05) is 25.1 Å². The van der Waals surface area contributed by atoms with E-state index in [1.54, 1.807) is 7.11 Å². The number of rotatable bonds is 2. The lowest BCUT2D eigenvalue weighted by Gasteiger charge is -2.49. The van der Waals surface area contributed by atoms with Crippen LogP contribution in [0.15, 0.2) is 18.2 Å². The van der Waals surface area contributed by atoms with Gasteiger partial charge in [0.15, 0.2) is 0 Å². The third-order valence-electron chi connectivity index (χ3n) is 3.52. The Morgan fingerprint density at radius 3 is 2.21 bits per heavy atom. The monoisotopic (exact) mass is 262 g/mol. The Hall–Kier alpha value is -1.22. The van der Waals surface area contributed by atoms with E-state index in [9.17, 15) is 0 Å². The maximum absolute atomic E-state index is 5.53. The highest BCUT2D eigenvalue weighted by atomic mass is 16.5. The lowest BCUT2D eigenvalue weighted by atomic mass is 9.91. The molecule has 1 N–H and O–H groups in total. The molecule has 3 nitrogen and oxygen atoms in total. The molecular formula is C16H26N2O. The number of piperazine rings is 1. The van der Waals surface area contributed by atoms with Crippen molar-refractivity contribution in [3.8, 4) is 5.75 Å². The van der Waals surface area contributed by atoms with Gasteiger partial charge in [0.25, 0.3) is 0 Å². The molecule has 3 heteroatoms. The summed E-state index contributed by atoms with van der Waals surface area (Å²) in [7, 11) is 1.74. The molecule has 0 atom stereocenters. The van der Waals surface area contributed by atoms with Crippen LogP contribution in [0.3, 0.4) is 0 Å². The van der Waals surface area contributed by atoms with E-state index in [0.29, 0.717) is 0 Å². The highest BCUT2D eigenvalue weighted by Gasteiger charge is 2.37. The molecule has 1 aromatic carbocycles. The first-order valence-electron chi connectivity index (χ1n) is 6.91. The van der Waals surface area contributed by atoms with E-state index < -0.39 is 0 Å². The Labute approximate surface area is 116 Å². The molecule has 0 aromatic heterocycles. The van der Waals surface area contributed by atoms with Gasteiger partial charge in [-0.2, -0.15) is 0 Å². The van der Waals surface area contributed by atoms with E-state index in [2.05, 4.69) is 63.0 Å². The van der Waals surface area contributed by atoms with Crippen molar-refractivity contribution in [1.29, 1.82) is 0 Å². The maximum atomic E-state index is 5.53. The van der Waals surface area contributed by atoms with Crippen LogP contribution in [-0.2, 0) is 0 Å². The molecule has 0 aliphatic carbocycles. The molecule has 1 aliphatic rings. The van der Waals surface area contributed by atoms with Gasteiger partial charge in [-0.15, -0.1) is 0 Å². The molecule has 1 aromatic rings. The zero-order valence-electron chi connectivity index (χ0n) is 13.0. The van der Waals surface area contributed by atoms with Crippen molar-refractivity contribution < 1.29 is 4.74 Å². The zero-order valence-corrected chi connectivity index (χ0v) is 13.0. The average molecular weight is 262 g/mol. The van der Waals surface area contributed by atoms with Crippen LogP contribution in [0, 0.1) is 6.92 Å². The minimum atomic E-state index is 0.0938. The topological polar surface area (TPSA) is 24.5 Å². The van der Waals surface area contributed by atoms with Crippen LogP contribution in [-0.4, -0.2) is 31.3 Å². The van der Waals surface area contributed by atoms with Gasteiger partial charge in [-0.3, -0.25) is 0 Å². The third-order valence-corrected chi connectivity index (χ3v) is 3.52. The summed E-state index contributed by atoms with van der Waals surface area (Å²) in [5.41, 5.74) is 2.66. The minimum absolute atomic E-state index is 0.0938. The van der Waals surface area contributed by atoms with Gasteiger partial charge >= 0.3 is 0 Å². The molecule has 0 saturated carbocycles. The van der Waals surface area contributed by atoms with Gasteiger partial charge in [0.05, 0.1) is 12.8 Å². The zero-order chi connectivity index (χ0) is 14.3. The van der Waals surface area contributed by atoms with Crippen LogP contribution in [0.2, 0.25) is 0 Å². The third kappa shape index (κ3) is 3.21. The van der Waals surface area contributed by atoms with Crippen LogP contribution in [0.4, 0.5) is 5.69 Å². The van der Waals surface area contributed by atoms with Gasteiger partial charge in [0.2, 0.25) is 0 Å². The lowest BCUT2D eigenvalue weighted by molar-refractivity contribution is 0.225. The van der Waals surface area contributed by atoms with Gasteiger partial charge in [0.1, 0.15) is 5.75 Å². The Kier molecular flexibility index (Phi) is 3.52. The molecule has 0 unspecified atom stereocenters. The smallest absolute Gasteiger partial charge is 0.142 e. The molecule has 0 spiro atoms. The van der Waals surface area contributed by atoms with Gasteiger partial charge in [-0.05, 0) is 52.3 Å². The van der Waals surface area contributed by atoms with Crippen LogP contribution >= 0.6 is 0 Å². The second-order valence-electron chi connectivity index (χ2n) is 6.92. The van der Waals surface area contributed by atoms with Crippen molar-refractivity contribution >= 4 is 5.69 Å². The summed E-state index contributed by atoms with van der Waals surface area (Å²) in [6, 6.07) is 6.38. The molecule has 0 amide bonds. The fourth-order valence-electron chi connectivity index (χ4n) is 3.22. The van der Waals surface area contributed by atoms with Gasteiger partial charge < -0.3 is 15.0 Å². The van der Waals surface area contributed by atoms with E-state index in [1.165, 1.54) is 11.3 Å². The average Bonchev–Trinajstić information content (AvgIpc) is 2.24. The highest BCUT2D eigenvalue weighted by Crippen LogP contribution is 2.33. The predicted molar refractivity (Wildman–Crippen MR) is 81.2 cm³/mol. The van der Waals surface area contributed by atoms with Crippen molar-refractivity contribution in [3.63, 3.8) is 0 Å². The van der Waals surface area contributed by atoms with Crippen molar-refractivity contribution in [2.24, 2.45) is 0 Å². The molecule has 0 radical (unpaired) electrons. The second-order valence-corrected chi connectivity index (χ2v) is 6.92. The fourth-order valence-corrected chi connectivity index (χ4v) is 3.22. The number of nitrogens with zero attached hydrogens (tertiary/aromatic N) is 1. The first kappa shape index (κ1) is 14.2. The number of ether oxygens (including phenoxy) is 1. The van der Waals surface area contributed by atoms with Crippen LogP contribution in [0.25, 0.3) is 0 Å². The molecule has 2 rings (SSSR count). The number of hydrogen-bond acceptors (Lipinski definition) is 3. The number of methoxy groups -OCH3 is 1. The summed E-state index contributed by atoms with van der Waals surface area (Å²) in [6.45, 7) is 13.1. The number of benzene rings is 1. The van der Waals surface area contributed by atoms with Crippen LogP contribution < -0.4 is 15.0 Å². The van der Waals surface area contributed by atoms with Gasteiger partial charge in [-0.25, -0.2) is 0 Å². The molecule has 1 heterocycles. The van der Waals surface area contributed by atoms with E-state index in [1.807, 2.05) is 0 Å². The van der Waals surface area contributed by atoms with Crippen molar-refractivity contribution in [1.82, 2.24) is 5.32 Å². The summed E-state index contributed by atoms with van der Waals surface area (Å²) >= 11 is 0. The Morgan fingerprint density at radius 1 is 1.11 bits per heavy atom. The molecule has 19 heavy (non-hydrogen) atoms. The summed E-state index contributed by atoms with van der Waals surface area (Å²) in [6.07, 6.45) is 0. The summed E-state index contributed by atoms with van der Waals surface area (Å²) in [5, 5.41) is 3.70. The molecule has 106 valence electrons. The van der Waals surface area contributed by atoms with E-state index >= 15 is 0 Å². The Morgan fingerprint density at radius 2 is 1.68 bits per heavy atom. The Bertz CT molecular complexity index is 450. The van der Waals surface area contributed by atoms with E-state index in [0.717, 1.165) is 18.8 Å². The summed E-state index contributed by atoms with van der Waals surface area (Å²) in [4.78, 5) is 2.43. The maximum Gasteiger partial charge on any atom is 0.142 e. The van der Waals surface area contributed by atoms with Crippen molar-refractivity contribution in [2.45, 2.75) is 45.7 Å². The summed E-state index contributed by atoms with van der Waals surface area (Å²) in [5.74, 6) is 0.958. The summed E-state index contributed by atoms with van der Waals surface area (Å²) < 4.78 is 5.53. The molecule has 1 saturated heterocycles. The normalized spacial score (nSPS) is 21.3. The van der Waals surface area contributed by atoms with Gasteiger partial charge in [-0.1, -0.05) is 6.07 Å². The first-order valence-corrected chi connectivity index (χ1v) is 6.91. The molecular weight excluding hydrogens is 236 g/mol. The second kappa shape index (κ2) is 4.71. The Balaban J connectivity index is 2.38. The minimum Gasteiger partial charge on any atom is -0.495 e. The number of nitrogens with one attached hydrogen (secondary N) is 1. The quantitative estimate of drug-likeness (QED) is 0.887. The van der Waals surface area contributed by atoms with Crippen LogP contribution in [0.1, 0.15) is 33.3 Å². The number of anilines is 1.